The van der Waals surface area contributed by atoms with Crippen LogP contribution in [0.1, 0.15) is 18.4 Å². The van der Waals surface area contributed by atoms with Gasteiger partial charge in [0.25, 0.3) is 0 Å². The van der Waals surface area contributed by atoms with E-state index in [9.17, 15) is 4.79 Å². The zero-order chi connectivity index (χ0) is 11.9. The van der Waals surface area contributed by atoms with Gasteiger partial charge in [0.2, 0.25) is 0 Å². The van der Waals surface area contributed by atoms with Crippen molar-refractivity contribution in [3.05, 3.63) is 29.8 Å². The Morgan fingerprint density at radius 2 is 2.24 bits per heavy atom. The first-order chi connectivity index (χ1) is 8.21. The molecule has 0 aliphatic carbocycles. The average molecular weight is 230 g/mol. The summed E-state index contributed by atoms with van der Waals surface area (Å²) < 4.78 is 0. The highest BCUT2D eigenvalue weighted by Gasteiger charge is 2.43. The van der Waals surface area contributed by atoms with Crippen LogP contribution in [0, 0.1) is 0 Å². The molecule has 1 aromatic rings. The number of hydrogen-bond donors (Lipinski definition) is 1. The molecule has 0 aromatic heterocycles. The largest absolute Gasteiger partial charge is 0.465 e. The molecule has 4 nitrogen and oxygen atoms in total. The van der Waals surface area contributed by atoms with E-state index in [4.69, 9.17) is 5.11 Å². The fraction of sp³-hybridized carbons (Fsp3) is 0.385. The van der Waals surface area contributed by atoms with Crippen LogP contribution in [0.4, 0.5) is 10.5 Å². The van der Waals surface area contributed by atoms with Crippen LogP contribution >= 0.6 is 0 Å². The number of aliphatic imine (C=N–C) groups is 1. The van der Waals surface area contributed by atoms with Crippen molar-refractivity contribution in [3.8, 4) is 0 Å². The lowest BCUT2D eigenvalue weighted by Crippen LogP contribution is -2.35. The number of likely N-dealkylation sites (tertiary alicyclic amines) is 1. The Labute approximate surface area is 99.6 Å². The summed E-state index contributed by atoms with van der Waals surface area (Å²) in [7, 11) is 0. The number of fused-ring (bicyclic) bond motifs is 2. The predicted octanol–water partition coefficient (Wildman–Crippen LogP) is 2.41. The highest BCUT2D eigenvalue weighted by atomic mass is 16.4. The van der Waals surface area contributed by atoms with Crippen LogP contribution in [0.3, 0.4) is 0 Å². The number of amides is 1. The van der Waals surface area contributed by atoms with Crippen molar-refractivity contribution in [3.63, 3.8) is 0 Å². The molecule has 1 N–H and O–H groups in total. The normalized spacial score (nSPS) is 26.2. The molecule has 3 rings (SSSR count). The first-order valence-corrected chi connectivity index (χ1v) is 5.81. The van der Waals surface area contributed by atoms with Gasteiger partial charge < -0.3 is 10.0 Å². The molecule has 1 saturated heterocycles. The fourth-order valence-electron chi connectivity index (χ4n) is 2.89. The van der Waals surface area contributed by atoms with Gasteiger partial charge in [-0.2, -0.15) is 0 Å². The molecule has 2 heterocycles. The number of para-hydroxylation sites is 1. The molecule has 2 aliphatic heterocycles. The number of benzene rings is 1. The van der Waals surface area contributed by atoms with Gasteiger partial charge in [-0.1, -0.05) is 18.2 Å². The number of nitrogens with zero attached hydrogens (tertiary/aromatic N) is 2. The standard InChI is InChI=1S/C13H14N2O2/c16-12(17)15-8-6-13(9-15)5-7-14-11-4-2-1-3-10(11)13/h1-4,7H,5-6,8-9H2,(H,16,17). The Morgan fingerprint density at radius 1 is 1.41 bits per heavy atom. The molecule has 4 heteroatoms. The van der Waals surface area contributed by atoms with E-state index in [2.05, 4.69) is 11.1 Å². The van der Waals surface area contributed by atoms with Crippen LogP contribution in [0.25, 0.3) is 0 Å². The summed E-state index contributed by atoms with van der Waals surface area (Å²) in [4.78, 5) is 16.9. The van der Waals surface area contributed by atoms with Gasteiger partial charge in [0.05, 0.1) is 5.69 Å². The van der Waals surface area contributed by atoms with Crippen molar-refractivity contribution in [2.24, 2.45) is 4.99 Å². The summed E-state index contributed by atoms with van der Waals surface area (Å²) in [5.41, 5.74) is 2.15. The highest BCUT2D eigenvalue weighted by molar-refractivity contribution is 5.74. The molecule has 1 spiro atoms. The second kappa shape index (κ2) is 3.58. The maximum atomic E-state index is 11.0. The molecule has 1 fully saturated rings. The summed E-state index contributed by atoms with van der Waals surface area (Å²) >= 11 is 0. The molecule has 2 aliphatic rings. The van der Waals surface area contributed by atoms with E-state index in [1.165, 1.54) is 10.5 Å². The van der Waals surface area contributed by atoms with Crippen molar-refractivity contribution in [1.82, 2.24) is 4.90 Å². The third-order valence-electron chi connectivity index (χ3n) is 3.81. The van der Waals surface area contributed by atoms with Gasteiger partial charge in [0.15, 0.2) is 0 Å². The van der Waals surface area contributed by atoms with Crippen LogP contribution in [0.15, 0.2) is 29.3 Å². The second-order valence-electron chi connectivity index (χ2n) is 4.77. The minimum Gasteiger partial charge on any atom is -0.465 e. The van der Waals surface area contributed by atoms with Gasteiger partial charge in [-0.15, -0.1) is 0 Å². The van der Waals surface area contributed by atoms with Crippen molar-refractivity contribution in [1.29, 1.82) is 0 Å². The summed E-state index contributed by atoms with van der Waals surface area (Å²) in [6.07, 6.45) is 2.84. The predicted molar refractivity (Wildman–Crippen MR) is 65.1 cm³/mol. The van der Waals surface area contributed by atoms with Gasteiger partial charge in [0.1, 0.15) is 0 Å². The lowest BCUT2D eigenvalue weighted by Gasteiger charge is -2.31. The molecule has 1 amide bonds. The fourth-order valence-corrected chi connectivity index (χ4v) is 2.89. The van der Waals surface area contributed by atoms with Crippen LogP contribution in [-0.4, -0.2) is 35.4 Å². The quantitative estimate of drug-likeness (QED) is 0.744. The Bertz CT molecular complexity index is 498. The van der Waals surface area contributed by atoms with E-state index < -0.39 is 6.09 Å². The van der Waals surface area contributed by atoms with Gasteiger partial charge >= 0.3 is 6.09 Å². The minimum absolute atomic E-state index is 0.0449. The number of rotatable bonds is 0. The monoisotopic (exact) mass is 230 g/mol. The maximum Gasteiger partial charge on any atom is 0.407 e. The zero-order valence-electron chi connectivity index (χ0n) is 9.47. The van der Waals surface area contributed by atoms with E-state index in [-0.39, 0.29) is 5.41 Å². The van der Waals surface area contributed by atoms with E-state index in [1.54, 1.807) is 0 Å². The first kappa shape index (κ1) is 10.3. The molecule has 1 aromatic carbocycles. The van der Waals surface area contributed by atoms with Gasteiger partial charge in [-0.25, -0.2) is 4.79 Å². The molecule has 0 saturated carbocycles. The second-order valence-corrected chi connectivity index (χ2v) is 4.77. The lowest BCUT2D eigenvalue weighted by atomic mass is 9.75. The molecule has 1 unspecified atom stereocenters. The highest BCUT2D eigenvalue weighted by Crippen LogP contribution is 2.43. The van der Waals surface area contributed by atoms with Crippen molar-refractivity contribution in [2.75, 3.05) is 13.1 Å². The molecule has 1 atom stereocenters. The number of carbonyl (C=O) groups is 1. The molecular weight excluding hydrogens is 216 g/mol. The van der Waals surface area contributed by atoms with Crippen molar-refractivity contribution in [2.45, 2.75) is 18.3 Å². The van der Waals surface area contributed by atoms with Crippen LogP contribution < -0.4 is 0 Å². The Balaban J connectivity index is 2.00. The molecule has 17 heavy (non-hydrogen) atoms. The summed E-state index contributed by atoms with van der Waals surface area (Å²) in [6, 6.07) is 8.05. The zero-order valence-corrected chi connectivity index (χ0v) is 9.47. The summed E-state index contributed by atoms with van der Waals surface area (Å²) in [5, 5.41) is 9.07. The summed E-state index contributed by atoms with van der Waals surface area (Å²) in [5.74, 6) is 0. The van der Waals surface area contributed by atoms with E-state index in [0.717, 1.165) is 18.5 Å². The number of hydrogen-bond acceptors (Lipinski definition) is 2. The third kappa shape index (κ3) is 1.52. The molecule has 88 valence electrons. The number of carboxylic acid groups (broad SMARTS) is 1. The Hall–Kier alpha value is -1.84. The first-order valence-electron chi connectivity index (χ1n) is 5.81. The third-order valence-corrected chi connectivity index (χ3v) is 3.81. The van der Waals surface area contributed by atoms with Gasteiger partial charge in [-0.3, -0.25) is 4.99 Å². The Kier molecular flexibility index (Phi) is 2.18. The minimum atomic E-state index is -0.818. The van der Waals surface area contributed by atoms with Crippen LogP contribution in [0.2, 0.25) is 0 Å². The molecule has 0 bridgehead atoms. The topological polar surface area (TPSA) is 52.9 Å². The Morgan fingerprint density at radius 3 is 3.00 bits per heavy atom. The summed E-state index contributed by atoms with van der Waals surface area (Å²) in [6.45, 7) is 1.21. The van der Waals surface area contributed by atoms with E-state index >= 15 is 0 Å². The molecule has 0 radical (unpaired) electrons. The van der Waals surface area contributed by atoms with E-state index in [0.29, 0.717) is 13.1 Å². The van der Waals surface area contributed by atoms with Crippen LogP contribution in [0.5, 0.6) is 0 Å². The smallest absolute Gasteiger partial charge is 0.407 e. The van der Waals surface area contributed by atoms with Crippen molar-refractivity contribution < 1.29 is 9.90 Å². The molecular formula is C13H14N2O2. The van der Waals surface area contributed by atoms with E-state index in [1.807, 2.05) is 24.4 Å². The van der Waals surface area contributed by atoms with Gasteiger partial charge in [0, 0.05) is 24.7 Å². The van der Waals surface area contributed by atoms with Crippen LogP contribution in [-0.2, 0) is 5.41 Å². The SMILES string of the molecule is O=C(O)N1CCC2(CC=Nc3ccccc32)C1. The van der Waals surface area contributed by atoms with Gasteiger partial charge in [-0.05, 0) is 24.5 Å². The van der Waals surface area contributed by atoms with Crippen molar-refractivity contribution >= 4 is 18.0 Å². The average Bonchev–Trinajstić information content (AvgIpc) is 2.75. The maximum absolute atomic E-state index is 11.0. The lowest BCUT2D eigenvalue weighted by molar-refractivity contribution is 0.153.